The minimum absolute atomic E-state index is 0.0322. The van der Waals surface area contributed by atoms with Gasteiger partial charge in [0.15, 0.2) is 0 Å². The second-order valence-corrected chi connectivity index (χ2v) is 15.0. The molecule has 0 radical (unpaired) electrons. The lowest BCUT2D eigenvalue weighted by Crippen LogP contribution is -2.61. The van der Waals surface area contributed by atoms with Crippen LogP contribution in [0.15, 0.2) is 60.2 Å². The Morgan fingerprint density at radius 2 is 1.60 bits per heavy atom. The maximum Gasteiger partial charge on any atom is 0.408 e. The number of alkyl halides is 2. The Bertz CT molecular complexity index is 1590. The molecule has 2 aromatic rings. The number of carbonyl (C=O) groups excluding carboxylic acids is 3. The van der Waals surface area contributed by atoms with E-state index in [1.165, 1.54) is 43.0 Å². The van der Waals surface area contributed by atoms with Gasteiger partial charge in [-0.1, -0.05) is 54.1 Å². The molecule has 2 aromatic carbocycles. The van der Waals surface area contributed by atoms with Crippen molar-refractivity contribution in [1.29, 1.82) is 0 Å². The molecule has 264 valence electrons. The van der Waals surface area contributed by atoms with Crippen LogP contribution in [0.5, 0.6) is 0 Å². The van der Waals surface area contributed by atoms with Crippen molar-refractivity contribution >= 4 is 44.4 Å². The maximum absolute atomic E-state index is 14.6. The lowest BCUT2D eigenvalue weighted by molar-refractivity contribution is -0.139. The van der Waals surface area contributed by atoms with E-state index in [-0.39, 0.29) is 35.8 Å². The van der Waals surface area contributed by atoms with Crippen LogP contribution in [0.3, 0.4) is 0 Å². The summed E-state index contributed by atoms with van der Waals surface area (Å²) >= 11 is 6.00. The maximum atomic E-state index is 14.6. The first-order valence-electron chi connectivity index (χ1n) is 15.3. The molecule has 3 rings (SSSR count). The molecule has 1 aliphatic heterocycles. The number of likely N-dealkylation sites (N-methyl/N-ethyl adjacent to an activating group) is 1. The molecule has 1 heterocycles. The number of hydrogen-bond acceptors (Lipinski definition) is 7. The summed E-state index contributed by atoms with van der Waals surface area (Å²) in [6.07, 6.45) is -0.855. The van der Waals surface area contributed by atoms with Crippen LogP contribution >= 0.6 is 11.6 Å². The average molecular weight is 713 g/mol. The predicted molar refractivity (Wildman–Crippen MR) is 179 cm³/mol. The third-order valence-electron chi connectivity index (χ3n) is 7.44. The van der Waals surface area contributed by atoms with Gasteiger partial charge in [0, 0.05) is 18.1 Å². The van der Waals surface area contributed by atoms with Gasteiger partial charge in [0.25, 0.3) is 0 Å². The fraction of sp³-hybridized carbons (Fsp3) is 0.485. The van der Waals surface area contributed by atoms with Gasteiger partial charge in [-0.15, -0.1) is 0 Å². The van der Waals surface area contributed by atoms with Crippen molar-refractivity contribution in [3.8, 4) is 0 Å². The molecule has 3 amide bonds. The lowest BCUT2D eigenvalue weighted by Gasteiger charge is -2.33. The lowest BCUT2D eigenvalue weighted by atomic mass is 9.90. The van der Waals surface area contributed by atoms with E-state index in [1.54, 1.807) is 27.7 Å². The van der Waals surface area contributed by atoms with Crippen molar-refractivity contribution in [2.45, 2.75) is 70.9 Å². The first-order valence-corrected chi connectivity index (χ1v) is 17.1. The zero-order valence-electron chi connectivity index (χ0n) is 27.9. The molecule has 0 aromatic heterocycles. The van der Waals surface area contributed by atoms with Crippen LogP contribution < -0.4 is 15.4 Å². The molecule has 0 saturated carbocycles. The molecule has 3 N–H and O–H groups in total. The third-order valence-corrected chi connectivity index (χ3v) is 9.37. The summed E-state index contributed by atoms with van der Waals surface area (Å²) in [6, 6.07) is 13.4. The summed E-state index contributed by atoms with van der Waals surface area (Å²) in [5.74, 6) is -1.47. The summed E-state index contributed by atoms with van der Waals surface area (Å²) in [6.45, 7) is 5.82. The molecule has 15 heteroatoms. The molecule has 1 atom stereocenters. The van der Waals surface area contributed by atoms with Crippen molar-refractivity contribution in [3.63, 3.8) is 0 Å². The minimum atomic E-state index is -4.42. The zero-order valence-corrected chi connectivity index (χ0v) is 29.4. The molecule has 11 nitrogen and oxygen atoms in total. The Morgan fingerprint density at radius 1 is 1.00 bits per heavy atom. The molecule has 48 heavy (non-hydrogen) atoms. The van der Waals surface area contributed by atoms with Gasteiger partial charge >= 0.3 is 6.09 Å². The van der Waals surface area contributed by atoms with Crippen LogP contribution in [0.2, 0.25) is 5.02 Å². The Balaban J connectivity index is 1.98. The van der Waals surface area contributed by atoms with E-state index in [2.05, 4.69) is 15.4 Å². The molecule has 0 bridgehead atoms. The van der Waals surface area contributed by atoms with Crippen molar-refractivity contribution in [2.24, 2.45) is 0 Å². The Morgan fingerprint density at radius 3 is 2.15 bits per heavy atom. The summed E-state index contributed by atoms with van der Waals surface area (Å²) < 4.78 is 69.0. The number of benzene rings is 2. The molecule has 0 aliphatic carbocycles. The normalized spacial score (nSPS) is 16.3. The van der Waals surface area contributed by atoms with Gasteiger partial charge in [-0.3, -0.25) is 9.59 Å². The molecule has 0 spiro atoms. The summed E-state index contributed by atoms with van der Waals surface area (Å²) in [5.41, 5.74) is -3.93. The van der Waals surface area contributed by atoms with Gasteiger partial charge < -0.3 is 25.0 Å². The highest BCUT2D eigenvalue weighted by atomic mass is 35.5. The molecule has 0 fully saturated rings. The predicted octanol–water partition coefficient (Wildman–Crippen LogP) is 4.52. The van der Waals surface area contributed by atoms with Gasteiger partial charge in [-0.2, -0.15) is 4.72 Å². The first-order chi connectivity index (χ1) is 22.4. The van der Waals surface area contributed by atoms with Crippen LogP contribution in [0.25, 0.3) is 4.91 Å². The van der Waals surface area contributed by atoms with Gasteiger partial charge in [-0.25, -0.2) is 22.0 Å². The van der Waals surface area contributed by atoms with E-state index in [1.807, 2.05) is 30.3 Å². The number of carbonyl (C=O) groups is 3. The number of nitrogens with one attached hydrogen (secondary N) is 3. The highest BCUT2D eigenvalue weighted by molar-refractivity contribution is 7.99. The number of ether oxygens (including phenoxy) is 2. The monoisotopic (exact) mass is 712 g/mol. The minimum Gasteiger partial charge on any atom is -0.444 e. The van der Waals surface area contributed by atoms with Crippen molar-refractivity contribution in [1.82, 2.24) is 20.3 Å². The number of sulfonamides is 1. The smallest absolute Gasteiger partial charge is 0.408 e. The fourth-order valence-electron chi connectivity index (χ4n) is 4.91. The standard InChI is InChI=1S/C33H43ClF2N4O7S/c1-7-40(17-25-27(23-13-15-24(34)16-14-23)48(44,45)39-33(25,20-35)21-36)28(41)26(19-46-18-22-11-9-8-10-12-22)37-29(42)32(5,6)38-30(43)47-31(2,3)4/h8-16,26,39H,7,17-21H2,1-6H3,(H,37,42)(H,38,43)/t26-/m1/s1. The average Bonchev–Trinajstić information content (AvgIpc) is 3.24. The molecule has 0 unspecified atom stereocenters. The van der Waals surface area contributed by atoms with E-state index < -0.39 is 70.5 Å². The Labute approximate surface area is 285 Å². The van der Waals surface area contributed by atoms with E-state index in [4.69, 9.17) is 21.1 Å². The van der Waals surface area contributed by atoms with Crippen molar-refractivity contribution in [3.05, 3.63) is 76.3 Å². The van der Waals surface area contributed by atoms with Gasteiger partial charge in [0.05, 0.1) is 18.1 Å². The number of halogens is 3. The first kappa shape index (κ1) is 38.9. The largest absolute Gasteiger partial charge is 0.444 e. The molecule has 0 saturated heterocycles. The summed E-state index contributed by atoms with van der Waals surface area (Å²) in [4.78, 5) is 40.9. The van der Waals surface area contributed by atoms with Crippen LogP contribution in [0.4, 0.5) is 13.6 Å². The van der Waals surface area contributed by atoms with Crippen LogP contribution in [0, 0.1) is 0 Å². The second-order valence-electron chi connectivity index (χ2n) is 12.9. The summed E-state index contributed by atoms with van der Waals surface area (Å²) in [7, 11) is -4.42. The number of nitrogens with zero attached hydrogens (tertiary/aromatic N) is 1. The Hall–Kier alpha value is -3.59. The third kappa shape index (κ3) is 9.74. The van der Waals surface area contributed by atoms with Crippen LogP contribution in [-0.4, -0.2) is 87.0 Å². The molecule has 1 aliphatic rings. The van der Waals surface area contributed by atoms with Gasteiger partial charge in [-0.05, 0) is 70.4 Å². The highest BCUT2D eigenvalue weighted by Crippen LogP contribution is 2.39. The Kier molecular flexibility index (Phi) is 12.7. The fourth-order valence-corrected chi connectivity index (χ4v) is 6.91. The van der Waals surface area contributed by atoms with Crippen LogP contribution in [0.1, 0.15) is 52.7 Å². The SMILES string of the molecule is CCN(CC1=C(c2ccc(Cl)cc2)S(=O)(=O)NC1(CF)CF)C(=O)[C@@H](COCc1ccccc1)NC(=O)C(C)(C)NC(=O)OC(C)(C)C. The number of amides is 3. The number of alkyl carbamates (subject to hydrolysis) is 1. The van der Waals surface area contributed by atoms with Crippen LogP contribution in [-0.2, 0) is 35.7 Å². The van der Waals surface area contributed by atoms with Gasteiger partial charge in [0.2, 0.25) is 21.8 Å². The number of hydrogen-bond donors (Lipinski definition) is 3. The zero-order chi connectivity index (χ0) is 35.9. The second kappa shape index (κ2) is 15.7. The summed E-state index contributed by atoms with van der Waals surface area (Å²) in [5, 5.41) is 5.43. The van der Waals surface area contributed by atoms with E-state index >= 15 is 0 Å². The van der Waals surface area contributed by atoms with E-state index in [0.717, 1.165) is 5.56 Å². The molecular formula is C33H43ClF2N4O7S. The topological polar surface area (TPSA) is 143 Å². The van der Waals surface area contributed by atoms with Crippen molar-refractivity contribution in [2.75, 3.05) is 33.0 Å². The van der Waals surface area contributed by atoms with E-state index in [0.29, 0.717) is 5.02 Å². The quantitative estimate of drug-likeness (QED) is 0.262. The highest BCUT2D eigenvalue weighted by Gasteiger charge is 2.50. The van der Waals surface area contributed by atoms with Gasteiger partial charge in [0.1, 0.15) is 36.1 Å². The van der Waals surface area contributed by atoms with Crippen molar-refractivity contribution < 1.29 is 41.1 Å². The number of rotatable bonds is 14. The molecular weight excluding hydrogens is 670 g/mol. The van der Waals surface area contributed by atoms with E-state index in [9.17, 15) is 31.6 Å².